The highest BCUT2D eigenvalue weighted by Gasteiger charge is 2.05. The average Bonchev–Trinajstić information content (AvgIpc) is 2.26. The fourth-order valence-electron chi connectivity index (χ4n) is 1.27. The number of hydrogen-bond acceptors (Lipinski definition) is 2. The lowest BCUT2D eigenvalue weighted by Gasteiger charge is -2.10. The van der Waals surface area contributed by atoms with Crippen molar-refractivity contribution in [1.29, 1.82) is 0 Å². The topological polar surface area (TPSA) is 35.2 Å². The van der Waals surface area contributed by atoms with E-state index in [1.807, 2.05) is 25.1 Å². The van der Waals surface area contributed by atoms with Gasteiger partial charge < -0.3 is 10.5 Å². The Hall–Kier alpha value is -1.17. The Morgan fingerprint density at radius 1 is 1.56 bits per heavy atom. The SMILES string of the molecule is C#CCCCOc1ccc([C@H](C)N)cc1Cl. The molecule has 16 heavy (non-hydrogen) atoms. The van der Waals surface area contributed by atoms with Crippen LogP contribution in [0.5, 0.6) is 5.75 Å². The van der Waals surface area contributed by atoms with Gasteiger partial charge in [-0.3, -0.25) is 0 Å². The Bertz CT molecular complexity index is 382. The van der Waals surface area contributed by atoms with Gasteiger partial charge in [-0.15, -0.1) is 12.3 Å². The van der Waals surface area contributed by atoms with Crippen LogP contribution < -0.4 is 10.5 Å². The van der Waals surface area contributed by atoms with Gasteiger partial charge in [-0.1, -0.05) is 17.7 Å². The molecule has 1 aromatic carbocycles. The van der Waals surface area contributed by atoms with Gasteiger partial charge in [0, 0.05) is 12.5 Å². The number of nitrogens with two attached hydrogens (primary N) is 1. The van der Waals surface area contributed by atoms with Gasteiger partial charge in [-0.2, -0.15) is 0 Å². The summed E-state index contributed by atoms with van der Waals surface area (Å²) in [6.45, 7) is 2.50. The van der Waals surface area contributed by atoms with Crippen molar-refractivity contribution in [3.05, 3.63) is 28.8 Å². The second kappa shape index (κ2) is 6.42. The monoisotopic (exact) mass is 237 g/mol. The van der Waals surface area contributed by atoms with E-state index in [0.29, 0.717) is 17.4 Å². The van der Waals surface area contributed by atoms with E-state index in [4.69, 9.17) is 28.5 Å². The Morgan fingerprint density at radius 3 is 2.88 bits per heavy atom. The minimum Gasteiger partial charge on any atom is -0.492 e. The standard InChI is InChI=1S/C13H16ClNO/c1-3-4-5-8-16-13-7-6-11(10(2)15)9-12(13)14/h1,6-7,9-10H,4-5,8,15H2,2H3/t10-/m0/s1. The van der Waals surface area contributed by atoms with Crippen molar-refractivity contribution in [1.82, 2.24) is 0 Å². The molecule has 0 bridgehead atoms. The molecule has 0 radical (unpaired) electrons. The molecule has 2 nitrogen and oxygen atoms in total. The summed E-state index contributed by atoms with van der Waals surface area (Å²) in [6.07, 6.45) is 6.70. The number of benzene rings is 1. The van der Waals surface area contributed by atoms with E-state index < -0.39 is 0 Å². The van der Waals surface area contributed by atoms with Gasteiger partial charge in [0.25, 0.3) is 0 Å². The fourth-order valence-corrected chi connectivity index (χ4v) is 1.52. The van der Waals surface area contributed by atoms with Crippen molar-refractivity contribution in [2.24, 2.45) is 5.73 Å². The number of unbranched alkanes of at least 4 members (excludes halogenated alkanes) is 1. The maximum Gasteiger partial charge on any atom is 0.137 e. The fraction of sp³-hybridized carbons (Fsp3) is 0.385. The van der Waals surface area contributed by atoms with E-state index in [0.717, 1.165) is 18.4 Å². The van der Waals surface area contributed by atoms with Crippen molar-refractivity contribution in [2.75, 3.05) is 6.61 Å². The van der Waals surface area contributed by atoms with Crippen LogP contribution in [0, 0.1) is 12.3 Å². The summed E-state index contributed by atoms with van der Waals surface area (Å²) in [5.41, 5.74) is 6.75. The highest BCUT2D eigenvalue weighted by molar-refractivity contribution is 6.32. The van der Waals surface area contributed by atoms with Crippen LogP contribution in [0.25, 0.3) is 0 Å². The highest BCUT2D eigenvalue weighted by Crippen LogP contribution is 2.27. The summed E-state index contributed by atoms with van der Waals surface area (Å²) in [4.78, 5) is 0. The molecule has 2 N–H and O–H groups in total. The summed E-state index contributed by atoms with van der Waals surface area (Å²) < 4.78 is 5.51. The summed E-state index contributed by atoms with van der Waals surface area (Å²) >= 11 is 6.07. The second-order valence-electron chi connectivity index (χ2n) is 3.63. The van der Waals surface area contributed by atoms with E-state index in [1.54, 1.807) is 0 Å². The zero-order valence-corrected chi connectivity index (χ0v) is 10.1. The third-order valence-electron chi connectivity index (χ3n) is 2.20. The number of halogens is 1. The minimum absolute atomic E-state index is 0.0204. The number of rotatable bonds is 5. The highest BCUT2D eigenvalue weighted by atomic mass is 35.5. The molecule has 86 valence electrons. The number of ether oxygens (including phenoxy) is 1. The van der Waals surface area contributed by atoms with Crippen LogP contribution >= 0.6 is 11.6 Å². The lowest BCUT2D eigenvalue weighted by atomic mass is 10.1. The van der Waals surface area contributed by atoms with Crippen molar-refractivity contribution in [2.45, 2.75) is 25.8 Å². The van der Waals surface area contributed by atoms with Crippen LogP contribution in [-0.4, -0.2) is 6.61 Å². The smallest absolute Gasteiger partial charge is 0.137 e. The zero-order valence-electron chi connectivity index (χ0n) is 9.37. The summed E-state index contributed by atoms with van der Waals surface area (Å²) in [6, 6.07) is 5.58. The number of hydrogen-bond donors (Lipinski definition) is 1. The first-order chi connectivity index (χ1) is 7.65. The third-order valence-corrected chi connectivity index (χ3v) is 2.50. The molecule has 0 amide bonds. The van der Waals surface area contributed by atoms with Crippen LogP contribution in [0.2, 0.25) is 5.02 Å². The van der Waals surface area contributed by atoms with Crippen molar-refractivity contribution >= 4 is 11.6 Å². The largest absolute Gasteiger partial charge is 0.492 e. The maximum atomic E-state index is 6.07. The summed E-state index contributed by atoms with van der Waals surface area (Å²) in [5.74, 6) is 3.25. The minimum atomic E-state index is -0.0204. The average molecular weight is 238 g/mol. The van der Waals surface area contributed by atoms with Crippen LogP contribution in [0.3, 0.4) is 0 Å². The molecule has 0 fully saturated rings. The quantitative estimate of drug-likeness (QED) is 0.631. The van der Waals surface area contributed by atoms with Gasteiger partial charge in [0.05, 0.1) is 11.6 Å². The van der Waals surface area contributed by atoms with Gasteiger partial charge in [-0.05, 0) is 31.0 Å². The predicted molar refractivity (Wildman–Crippen MR) is 67.6 cm³/mol. The van der Waals surface area contributed by atoms with E-state index in [9.17, 15) is 0 Å². The van der Waals surface area contributed by atoms with E-state index in [1.165, 1.54) is 0 Å². The molecule has 0 heterocycles. The zero-order chi connectivity index (χ0) is 12.0. The molecule has 0 saturated carbocycles. The molecule has 0 aliphatic heterocycles. The Morgan fingerprint density at radius 2 is 2.31 bits per heavy atom. The molecule has 0 aliphatic carbocycles. The molecule has 1 rings (SSSR count). The van der Waals surface area contributed by atoms with Crippen molar-refractivity contribution in [3.63, 3.8) is 0 Å². The lowest BCUT2D eigenvalue weighted by Crippen LogP contribution is -2.05. The Labute approximate surface area is 102 Å². The van der Waals surface area contributed by atoms with Crippen LogP contribution in [0.4, 0.5) is 0 Å². The van der Waals surface area contributed by atoms with Gasteiger partial charge in [-0.25, -0.2) is 0 Å². The molecule has 3 heteroatoms. The van der Waals surface area contributed by atoms with Crippen LogP contribution in [0.1, 0.15) is 31.4 Å². The first-order valence-corrected chi connectivity index (χ1v) is 5.64. The molecular formula is C13H16ClNO. The Kier molecular flexibility index (Phi) is 5.18. The van der Waals surface area contributed by atoms with Gasteiger partial charge in [0.2, 0.25) is 0 Å². The van der Waals surface area contributed by atoms with E-state index in [2.05, 4.69) is 5.92 Å². The predicted octanol–water partition coefficient (Wildman–Crippen LogP) is 3.15. The molecule has 0 unspecified atom stereocenters. The van der Waals surface area contributed by atoms with Gasteiger partial charge >= 0.3 is 0 Å². The van der Waals surface area contributed by atoms with Gasteiger partial charge in [0.1, 0.15) is 5.75 Å². The third kappa shape index (κ3) is 3.77. The first-order valence-electron chi connectivity index (χ1n) is 5.26. The van der Waals surface area contributed by atoms with Crippen molar-refractivity contribution < 1.29 is 4.74 Å². The van der Waals surface area contributed by atoms with E-state index in [-0.39, 0.29) is 6.04 Å². The van der Waals surface area contributed by atoms with Crippen molar-refractivity contribution in [3.8, 4) is 18.1 Å². The van der Waals surface area contributed by atoms with Gasteiger partial charge in [0.15, 0.2) is 0 Å². The molecule has 1 atom stereocenters. The summed E-state index contributed by atoms with van der Waals surface area (Å²) in [5, 5.41) is 0.593. The van der Waals surface area contributed by atoms with Crippen LogP contribution in [0.15, 0.2) is 18.2 Å². The second-order valence-corrected chi connectivity index (χ2v) is 4.04. The molecule has 0 saturated heterocycles. The molecule has 0 spiro atoms. The van der Waals surface area contributed by atoms with Crippen LogP contribution in [-0.2, 0) is 0 Å². The Balaban J connectivity index is 2.58. The normalized spacial score (nSPS) is 11.9. The lowest BCUT2D eigenvalue weighted by molar-refractivity contribution is 0.313. The molecule has 0 aromatic heterocycles. The molecule has 1 aromatic rings. The first kappa shape index (κ1) is 12.9. The number of terminal acetylenes is 1. The maximum absolute atomic E-state index is 6.07. The molecule has 0 aliphatic rings. The summed E-state index contributed by atoms with van der Waals surface area (Å²) in [7, 11) is 0. The van der Waals surface area contributed by atoms with E-state index >= 15 is 0 Å². The molecular weight excluding hydrogens is 222 g/mol.